The fourth-order valence-corrected chi connectivity index (χ4v) is 2.66. The fourth-order valence-electron chi connectivity index (χ4n) is 2.66. The van der Waals surface area contributed by atoms with Crippen molar-refractivity contribution in [3.63, 3.8) is 0 Å². The van der Waals surface area contributed by atoms with Gasteiger partial charge >= 0.3 is 6.18 Å². The second-order valence-corrected chi connectivity index (χ2v) is 5.60. The Balaban J connectivity index is 2.40. The maximum atomic E-state index is 12.8. The summed E-state index contributed by atoms with van der Waals surface area (Å²) >= 11 is 0. The first-order valence-corrected chi connectivity index (χ1v) is 7.54. The van der Waals surface area contributed by atoms with E-state index in [1.165, 1.54) is 12.1 Å². The van der Waals surface area contributed by atoms with Crippen LogP contribution in [-0.4, -0.2) is 4.57 Å². The maximum absolute atomic E-state index is 12.8. The summed E-state index contributed by atoms with van der Waals surface area (Å²) < 4.78 is 40.1. The van der Waals surface area contributed by atoms with Gasteiger partial charge in [-0.3, -0.25) is 4.79 Å². The number of halogens is 3. The highest BCUT2D eigenvalue weighted by Crippen LogP contribution is 2.30. The normalized spacial score (nSPS) is 12.0. The van der Waals surface area contributed by atoms with Gasteiger partial charge in [0.05, 0.1) is 11.1 Å². The molecule has 1 aromatic heterocycles. The smallest absolute Gasteiger partial charge is 0.347 e. The Morgan fingerprint density at radius 1 is 1.09 bits per heavy atom. The van der Waals surface area contributed by atoms with Crippen molar-refractivity contribution in [2.75, 3.05) is 0 Å². The molecule has 0 aliphatic rings. The van der Waals surface area contributed by atoms with Crippen LogP contribution in [0, 0.1) is 0 Å². The molecule has 1 heterocycles. The van der Waals surface area contributed by atoms with Crippen LogP contribution >= 0.6 is 0 Å². The standard InChI is InChI=1S/C17H20F3NO/c1-3-4-5-6-7-13-11-16(22)14-10-12(17(18,19)20)8-9-15(14)21(13)2/h8-11H,3-7H2,1-2H3. The molecule has 1 aromatic carbocycles. The fraction of sp³-hybridized carbons (Fsp3) is 0.471. The number of aryl methyl sites for hydroxylation is 2. The number of rotatable bonds is 5. The van der Waals surface area contributed by atoms with Crippen LogP contribution < -0.4 is 5.43 Å². The molecule has 0 amide bonds. The maximum Gasteiger partial charge on any atom is 0.416 e. The van der Waals surface area contributed by atoms with E-state index in [2.05, 4.69) is 6.92 Å². The van der Waals surface area contributed by atoms with E-state index in [9.17, 15) is 18.0 Å². The van der Waals surface area contributed by atoms with Crippen LogP contribution in [0.3, 0.4) is 0 Å². The van der Waals surface area contributed by atoms with Crippen molar-refractivity contribution < 1.29 is 13.2 Å². The zero-order chi connectivity index (χ0) is 16.3. The van der Waals surface area contributed by atoms with E-state index in [1.807, 2.05) is 4.57 Å². The van der Waals surface area contributed by atoms with Gasteiger partial charge in [0.1, 0.15) is 0 Å². The largest absolute Gasteiger partial charge is 0.416 e. The molecule has 2 nitrogen and oxygen atoms in total. The Hall–Kier alpha value is -1.78. The highest BCUT2D eigenvalue weighted by molar-refractivity contribution is 5.80. The van der Waals surface area contributed by atoms with Crippen LogP contribution in [0.1, 0.15) is 43.9 Å². The van der Waals surface area contributed by atoms with E-state index in [-0.39, 0.29) is 10.8 Å². The number of fused-ring (bicyclic) bond motifs is 1. The summed E-state index contributed by atoms with van der Waals surface area (Å²) in [5.41, 5.74) is 0.289. The van der Waals surface area contributed by atoms with Crippen molar-refractivity contribution in [2.24, 2.45) is 7.05 Å². The summed E-state index contributed by atoms with van der Waals surface area (Å²) in [5, 5.41) is 0.120. The Kier molecular flexibility index (Phi) is 4.94. The van der Waals surface area contributed by atoms with Gasteiger partial charge in [-0.05, 0) is 31.0 Å². The van der Waals surface area contributed by atoms with E-state index in [0.717, 1.165) is 49.9 Å². The highest BCUT2D eigenvalue weighted by atomic mass is 19.4. The molecule has 0 atom stereocenters. The number of unbranched alkanes of at least 4 members (excludes halogenated alkanes) is 3. The lowest BCUT2D eigenvalue weighted by atomic mass is 10.1. The Morgan fingerprint density at radius 2 is 1.82 bits per heavy atom. The molecule has 0 radical (unpaired) electrons. The molecule has 2 rings (SSSR count). The average Bonchev–Trinajstić information content (AvgIpc) is 2.47. The molecular weight excluding hydrogens is 291 g/mol. The zero-order valence-electron chi connectivity index (χ0n) is 12.8. The van der Waals surface area contributed by atoms with Gasteiger partial charge < -0.3 is 4.57 Å². The number of pyridine rings is 1. The predicted molar refractivity (Wildman–Crippen MR) is 82.0 cm³/mol. The molecule has 0 aliphatic heterocycles. The molecule has 0 N–H and O–H groups in total. The van der Waals surface area contributed by atoms with Crippen molar-refractivity contribution >= 4 is 10.9 Å². The van der Waals surface area contributed by atoms with Gasteiger partial charge in [0, 0.05) is 24.2 Å². The molecule has 120 valence electrons. The molecule has 22 heavy (non-hydrogen) atoms. The Bertz CT molecular complexity index is 716. The summed E-state index contributed by atoms with van der Waals surface area (Å²) in [5.74, 6) is 0. The number of hydrogen-bond acceptors (Lipinski definition) is 1. The first-order chi connectivity index (χ1) is 10.3. The van der Waals surface area contributed by atoms with Gasteiger partial charge in [-0.2, -0.15) is 13.2 Å². The third-order valence-electron chi connectivity index (χ3n) is 3.97. The van der Waals surface area contributed by atoms with Crippen LogP contribution in [-0.2, 0) is 19.6 Å². The van der Waals surface area contributed by atoms with Crippen molar-refractivity contribution in [2.45, 2.75) is 45.2 Å². The quantitative estimate of drug-likeness (QED) is 0.735. The molecule has 0 bridgehead atoms. The van der Waals surface area contributed by atoms with Crippen molar-refractivity contribution in [1.82, 2.24) is 4.57 Å². The lowest BCUT2D eigenvalue weighted by Crippen LogP contribution is -2.13. The molecule has 0 unspecified atom stereocenters. The summed E-state index contributed by atoms with van der Waals surface area (Å²) in [6, 6.07) is 4.82. The minimum Gasteiger partial charge on any atom is -0.347 e. The van der Waals surface area contributed by atoms with E-state index < -0.39 is 11.7 Å². The zero-order valence-corrected chi connectivity index (χ0v) is 12.8. The highest BCUT2D eigenvalue weighted by Gasteiger charge is 2.30. The summed E-state index contributed by atoms with van der Waals surface area (Å²) in [6.45, 7) is 2.13. The van der Waals surface area contributed by atoms with Gasteiger partial charge in [-0.25, -0.2) is 0 Å². The summed E-state index contributed by atoms with van der Waals surface area (Å²) in [7, 11) is 1.80. The second-order valence-electron chi connectivity index (χ2n) is 5.60. The first kappa shape index (κ1) is 16.6. The Morgan fingerprint density at radius 3 is 2.45 bits per heavy atom. The second kappa shape index (κ2) is 6.55. The van der Waals surface area contributed by atoms with Crippen LogP contribution in [0.15, 0.2) is 29.1 Å². The average molecular weight is 311 g/mol. The van der Waals surface area contributed by atoms with Crippen molar-refractivity contribution in [3.8, 4) is 0 Å². The van der Waals surface area contributed by atoms with E-state index in [1.54, 1.807) is 7.05 Å². The molecule has 0 fully saturated rings. The minimum atomic E-state index is -4.43. The lowest BCUT2D eigenvalue weighted by molar-refractivity contribution is -0.137. The van der Waals surface area contributed by atoms with Gasteiger partial charge in [-0.15, -0.1) is 0 Å². The van der Waals surface area contributed by atoms with E-state index >= 15 is 0 Å². The third kappa shape index (κ3) is 3.51. The topological polar surface area (TPSA) is 22.0 Å². The molecule has 0 aliphatic carbocycles. The van der Waals surface area contributed by atoms with E-state index in [0.29, 0.717) is 5.52 Å². The predicted octanol–water partition coefficient (Wildman–Crippen LogP) is 4.68. The van der Waals surface area contributed by atoms with Crippen LogP contribution in [0.5, 0.6) is 0 Å². The van der Waals surface area contributed by atoms with Gasteiger partial charge in [0.15, 0.2) is 5.43 Å². The molecule has 5 heteroatoms. The number of nitrogens with zero attached hydrogens (tertiary/aromatic N) is 1. The molecular formula is C17H20F3NO. The van der Waals surface area contributed by atoms with Crippen molar-refractivity contribution in [3.05, 3.63) is 45.7 Å². The molecule has 2 aromatic rings. The Labute approximate surface area is 127 Å². The summed E-state index contributed by atoms with van der Waals surface area (Å²) in [4.78, 5) is 12.1. The summed E-state index contributed by atoms with van der Waals surface area (Å²) in [6.07, 6.45) is 0.692. The number of aromatic nitrogens is 1. The number of alkyl halides is 3. The number of hydrogen-bond donors (Lipinski definition) is 0. The minimum absolute atomic E-state index is 0.120. The number of benzene rings is 1. The molecule has 0 saturated carbocycles. The van der Waals surface area contributed by atoms with Gasteiger partial charge in [-0.1, -0.05) is 26.2 Å². The lowest BCUT2D eigenvalue weighted by Gasteiger charge is -2.14. The van der Waals surface area contributed by atoms with Crippen LogP contribution in [0.25, 0.3) is 10.9 Å². The van der Waals surface area contributed by atoms with Crippen LogP contribution in [0.4, 0.5) is 13.2 Å². The molecule has 0 saturated heterocycles. The third-order valence-corrected chi connectivity index (χ3v) is 3.97. The monoisotopic (exact) mass is 311 g/mol. The van der Waals surface area contributed by atoms with Crippen LogP contribution in [0.2, 0.25) is 0 Å². The SMILES string of the molecule is CCCCCCc1cc(=O)c2cc(C(F)(F)F)ccc2n1C. The van der Waals surface area contributed by atoms with Gasteiger partial charge in [0.2, 0.25) is 0 Å². The van der Waals surface area contributed by atoms with E-state index in [4.69, 9.17) is 0 Å². The first-order valence-electron chi connectivity index (χ1n) is 7.54. The van der Waals surface area contributed by atoms with Crippen molar-refractivity contribution in [1.29, 1.82) is 0 Å². The molecule has 0 spiro atoms. The van der Waals surface area contributed by atoms with Gasteiger partial charge in [0.25, 0.3) is 0 Å².